The monoisotopic (exact) mass is 700 g/mol. The highest BCUT2D eigenvalue weighted by Gasteiger charge is 2.45. The maximum Gasteiger partial charge on any atom is 0.416 e. The first-order chi connectivity index (χ1) is 23.3. The zero-order chi connectivity index (χ0) is 35.1. The van der Waals surface area contributed by atoms with Crippen LogP contribution in [0.15, 0.2) is 47.4 Å². The second-order valence-electron chi connectivity index (χ2n) is 12.7. The van der Waals surface area contributed by atoms with Gasteiger partial charge in [0.05, 0.1) is 16.3 Å². The number of halogens is 4. The standard InChI is InChI=1S/C33H36ClF3N8O4/c1-42-14-8-20(9-15-42)29-41-45(19-26(47)39-23-6-5-21(18-22(23)34)33(35,36)37)30(48)27-24(40-43(29)2)7-10-32(27)11-16-44(17-12-32)31(49)28-25(46)4-3-13-38-28/h3-6,8,13,18,40,46H,7,9-12,14-17,19H2,1-2H3,(H,39,47). The third-order valence-corrected chi connectivity index (χ3v) is 9.84. The normalized spacial score (nSPS) is 17.4. The van der Waals surface area contributed by atoms with E-state index in [1.165, 1.54) is 18.3 Å². The SMILES string of the molecule is CN1CC=C(c2nn(CC(=O)Nc3ccc(C(F)(F)F)cc3Cl)c(=O)c3c([nH]n2C)CCC32CCN(C(=O)c3ncccc3O)CC2)CC1. The number of nitrogens with zero attached hydrogens (tertiary/aromatic N) is 6. The summed E-state index contributed by atoms with van der Waals surface area (Å²) in [6, 6.07) is 5.56. The van der Waals surface area contributed by atoms with Crippen LogP contribution in [0, 0.1) is 0 Å². The maximum absolute atomic E-state index is 14.6. The lowest BCUT2D eigenvalue weighted by atomic mass is 9.74. The van der Waals surface area contributed by atoms with Crippen molar-refractivity contribution >= 4 is 34.7 Å². The Kier molecular flexibility index (Phi) is 9.33. The van der Waals surface area contributed by atoms with Crippen molar-refractivity contribution in [2.24, 2.45) is 7.05 Å². The van der Waals surface area contributed by atoms with Crippen LogP contribution in [0.25, 0.3) is 5.57 Å². The Labute approximate surface area is 284 Å². The van der Waals surface area contributed by atoms with Gasteiger partial charge < -0.3 is 25.3 Å². The predicted octanol–water partition coefficient (Wildman–Crippen LogP) is 4.28. The minimum Gasteiger partial charge on any atom is -0.505 e. The quantitative estimate of drug-likeness (QED) is 0.361. The Morgan fingerprint density at radius 2 is 1.86 bits per heavy atom. The van der Waals surface area contributed by atoms with Gasteiger partial charge in [0.2, 0.25) is 5.91 Å². The number of hydrogen-bond donors (Lipinski definition) is 3. The Balaban J connectivity index is 1.36. The lowest BCUT2D eigenvalue weighted by molar-refractivity contribution is -0.137. The molecule has 0 bridgehead atoms. The first-order valence-corrected chi connectivity index (χ1v) is 16.3. The topological polar surface area (TPSA) is 141 Å². The van der Waals surface area contributed by atoms with E-state index in [4.69, 9.17) is 16.7 Å². The van der Waals surface area contributed by atoms with E-state index >= 15 is 0 Å². The first kappa shape index (κ1) is 34.2. The molecule has 2 amide bonds. The number of H-pyrrole nitrogens is 1. The van der Waals surface area contributed by atoms with Crippen LogP contribution in [0.4, 0.5) is 18.9 Å². The van der Waals surface area contributed by atoms with E-state index in [0.717, 1.165) is 35.0 Å². The number of pyridine rings is 1. The number of likely N-dealkylation sites (tertiary alicyclic amines) is 1. The average molecular weight is 701 g/mol. The van der Waals surface area contributed by atoms with Crippen molar-refractivity contribution in [3.8, 4) is 5.75 Å². The van der Waals surface area contributed by atoms with E-state index in [1.54, 1.807) is 16.6 Å². The van der Waals surface area contributed by atoms with E-state index in [9.17, 15) is 32.7 Å². The number of aromatic nitrogens is 5. The number of nitrogens with one attached hydrogen (secondary N) is 2. The molecule has 49 heavy (non-hydrogen) atoms. The second-order valence-corrected chi connectivity index (χ2v) is 13.1. The molecule has 2 aliphatic heterocycles. The summed E-state index contributed by atoms with van der Waals surface area (Å²) in [4.78, 5) is 49.0. The number of benzene rings is 1. The minimum atomic E-state index is -4.61. The summed E-state index contributed by atoms with van der Waals surface area (Å²) in [6.07, 6.45) is 1.60. The van der Waals surface area contributed by atoms with Crippen LogP contribution in [0.1, 0.15) is 58.8 Å². The number of piperidine rings is 1. The maximum atomic E-state index is 14.6. The summed E-state index contributed by atoms with van der Waals surface area (Å²) in [6.45, 7) is 1.54. The number of anilines is 1. The van der Waals surface area contributed by atoms with Gasteiger partial charge in [-0.25, -0.2) is 9.67 Å². The van der Waals surface area contributed by atoms with Gasteiger partial charge in [-0.05, 0) is 75.1 Å². The zero-order valence-electron chi connectivity index (χ0n) is 27.0. The molecule has 260 valence electrons. The zero-order valence-corrected chi connectivity index (χ0v) is 27.7. The van der Waals surface area contributed by atoms with Gasteiger partial charge in [0.1, 0.15) is 12.3 Å². The number of aromatic amines is 1. The largest absolute Gasteiger partial charge is 0.505 e. The Morgan fingerprint density at radius 3 is 2.51 bits per heavy atom. The molecular formula is C33H36ClF3N8O4. The van der Waals surface area contributed by atoms with Gasteiger partial charge >= 0.3 is 6.18 Å². The molecule has 1 saturated heterocycles. The van der Waals surface area contributed by atoms with E-state index in [2.05, 4.69) is 20.3 Å². The number of aryl methyl sites for hydroxylation is 2. The summed E-state index contributed by atoms with van der Waals surface area (Å²) in [7, 11) is 3.79. The van der Waals surface area contributed by atoms with Crippen LogP contribution in [0.3, 0.4) is 0 Å². The predicted molar refractivity (Wildman–Crippen MR) is 176 cm³/mol. The third kappa shape index (κ3) is 6.95. The number of carbonyl (C=O) groups is 2. The van der Waals surface area contributed by atoms with Crippen molar-refractivity contribution in [2.45, 2.75) is 50.2 Å². The van der Waals surface area contributed by atoms with Crippen LogP contribution >= 0.6 is 11.6 Å². The lowest BCUT2D eigenvalue weighted by Gasteiger charge is -2.39. The van der Waals surface area contributed by atoms with Crippen LogP contribution in [0.2, 0.25) is 5.02 Å². The number of carbonyl (C=O) groups excluding carboxylic acids is 2. The molecule has 0 radical (unpaired) electrons. The van der Waals surface area contributed by atoms with Crippen molar-refractivity contribution in [2.75, 3.05) is 38.5 Å². The van der Waals surface area contributed by atoms with Gasteiger partial charge in [-0.2, -0.15) is 13.2 Å². The molecular weight excluding hydrogens is 665 g/mol. The molecule has 3 N–H and O–H groups in total. The molecule has 16 heteroatoms. The van der Waals surface area contributed by atoms with Gasteiger partial charge in [0, 0.05) is 56.1 Å². The Morgan fingerprint density at radius 1 is 1.10 bits per heavy atom. The Hall–Kier alpha value is -4.63. The van der Waals surface area contributed by atoms with Crippen LogP contribution < -0.4 is 10.9 Å². The first-order valence-electron chi connectivity index (χ1n) is 15.9. The van der Waals surface area contributed by atoms with Crippen molar-refractivity contribution in [3.05, 3.63) is 86.3 Å². The molecule has 2 aromatic heterocycles. The van der Waals surface area contributed by atoms with Crippen molar-refractivity contribution in [1.29, 1.82) is 0 Å². The number of aromatic hydroxyl groups is 1. The van der Waals surface area contributed by atoms with Crippen LogP contribution in [0.5, 0.6) is 5.75 Å². The molecule has 0 saturated carbocycles. The van der Waals surface area contributed by atoms with Crippen LogP contribution in [-0.4, -0.2) is 84.5 Å². The molecule has 0 unspecified atom stereocenters. The van der Waals surface area contributed by atoms with E-state index in [1.807, 2.05) is 13.1 Å². The molecule has 4 heterocycles. The fourth-order valence-electron chi connectivity index (χ4n) is 6.84. The molecule has 1 aromatic carbocycles. The van der Waals surface area contributed by atoms with E-state index in [-0.39, 0.29) is 22.2 Å². The average Bonchev–Trinajstić information content (AvgIpc) is 3.39. The molecule has 1 spiro atoms. The number of amides is 2. The van der Waals surface area contributed by atoms with Crippen LogP contribution in [-0.2, 0) is 36.4 Å². The second kappa shape index (κ2) is 13.3. The molecule has 3 aliphatic rings. The minimum absolute atomic E-state index is 0.0339. The number of hydrogen-bond acceptors (Lipinski definition) is 7. The van der Waals surface area contributed by atoms with Gasteiger partial charge in [-0.15, -0.1) is 5.10 Å². The van der Waals surface area contributed by atoms with Gasteiger partial charge in [-0.1, -0.05) is 17.7 Å². The summed E-state index contributed by atoms with van der Waals surface area (Å²) >= 11 is 6.10. The van der Waals surface area contributed by atoms with Gasteiger partial charge in [0.15, 0.2) is 11.5 Å². The molecule has 0 atom stereocenters. The van der Waals surface area contributed by atoms with Gasteiger partial charge in [-0.3, -0.25) is 19.1 Å². The summed E-state index contributed by atoms with van der Waals surface area (Å²) in [5, 5.41) is 20.5. The van der Waals surface area contributed by atoms with Crippen molar-refractivity contribution < 1.29 is 27.9 Å². The summed E-state index contributed by atoms with van der Waals surface area (Å²) in [5.74, 6) is -0.842. The number of alkyl halides is 3. The number of rotatable bonds is 5. The molecule has 1 aliphatic carbocycles. The Bertz CT molecular complexity index is 1940. The highest BCUT2D eigenvalue weighted by atomic mass is 35.5. The van der Waals surface area contributed by atoms with E-state index in [0.29, 0.717) is 68.8 Å². The highest BCUT2D eigenvalue weighted by molar-refractivity contribution is 6.33. The molecule has 12 nitrogen and oxygen atoms in total. The molecule has 3 aromatic rings. The van der Waals surface area contributed by atoms with Crippen molar-refractivity contribution in [1.82, 2.24) is 34.3 Å². The fraction of sp³-hybridized carbons (Fsp3) is 0.424. The van der Waals surface area contributed by atoms with Gasteiger partial charge in [0.25, 0.3) is 11.5 Å². The van der Waals surface area contributed by atoms with E-state index < -0.39 is 41.1 Å². The number of fused-ring (bicyclic) bond motifs is 2. The third-order valence-electron chi connectivity index (χ3n) is 9.53. The number of likely N-dealkylation sites (N-methyl/N-ethyl adjacent to an activating group) is 1. The fourth-order valence-corrected chi connectivity index (χ4v) is 7.07. The van der Waals surface area contributed by atoms with Crippen molar-refractivity contribution in [3.63, 3.8) is 0 Å². The molecule has 1 fully saturated rings. The molecule has 6 rings (SSSR count). The smallest absolute Gasteiger partial charge is 0.416 e. The highest BCUT2D eigenvalue weighted by Crippen LogP contribution is 2.44. The summed E-state index contributed by atoms with van der Waals surface area (Å²) < 4.78 is 42.4. The lowest BCUT2D eigenvalue weighted by Crippen LogP contribution is -2.47. The summed E-state index contributed by atoms with van der Waals surface area (Å²) in [5.41, 5.74) is -0.0537.